The molecule has 0 aromatic heterocycles. The van der Waals surface area contributed by atoms with E-state index in [-0.39, 0.29) is 11.5 Å². The van der Waals surface area contributed by atoms with Crippen LogP contribution in [-0.4, -0.2) is 18.4 Å². The lowest BCUT2D eigenvalue weighted by molar-refractivity contribution is 0.0934. The molecule has 2 amide bonds. The van der Waals surface area contributed by atoms with Crippen molar-refractivity contribution in [2.75, 3.05) is 6.54 Å². The van der Waals surface area contributed by atoms with Crippen LogP contribution in [0.15, 0.2) is 42.5 Å². The zero-order valence-electron chi connectivity index (χ0n) is 13.1. The zero-order chi connectivity index (χ0) is 16.4. The fourth-order valence-corrected chi connectivity index (χ4v) is 2.68. The molecule has 0 spiro atoms. The first-order valence-corrected chi connectivity index (χ1v) is 7.84. The van der Waals surface area contributed by atoms with E-state index in [9.17, 15) is 9.59 Å². The van der Waals surface area contributed by atoms with Crippen molar-refractivity contribution in [2.45, 2.75) is 19.8 Å². The molecule has 0 unspecified atom stereocenters. The van der Waals surface area contributed by atoms with E-state index in [0.29, 0.717) is 18.0 Å². The Morgan fingerprint density at radius 1 is 1.13 bits per heavy atom. The van der Waals surface area contributed by atoms with Crippen LogP contribution in [-0.2, 0) is 0 Å². The molecule has 3 N–H and O–H groups in total. The van der Waals surface area contributed by atoms with E-state index in [1.165, 1.54) is 0 Å². The van der Waals surface area contributed by atoms with Crippen LogP contribution in [0.4, 0.5) is 0 Å². The Hall–Kier alpha value is -2.62. The Morgan fingerprint density at radius 3 is 2.43 bits per heavy atom. The van der Waals surface area contributed by atoms with Gasteiger partial charge < -0.3 is 11.1 Å². The van der Waals surface area contributed by atoms with E-state index >= 15 is 0 Å². The van der Waals surface area contributed by atoms with Crippen LogP contribution in [0.5, 0.6) is 0 Å². The number of carbonyl (C=O) groups is 2. The molecule has 3 rings (SSSR count). The van der Waals surface area contributed by atoms with Gasteiger partial charge in [0.1, 0.15) is 0 Å². The third-order valence-electron chi connectivity index (χ3n) is 4.21. The largest absolute Gasteiger partial charge is 0.366 e. The standard InChI is InChI=1S/C19H20N2O2/c1-12-9-16(18(20)22)17(19(23)21-11-13-7-8-13)10-15(12)14-5-3-2-4-6-14/h2-6,9-10,13H,7-8,11H2,1H3,(H2,20,22)(H,21,23). The predicted octanol–water partition coefficient (Wildman–Crippen LogP) is 2.90. The van der Waals surface area contributed by atoms with Gasteiger partial charge in [0.2, 0.25) is 5.91 Å². The van der Waals surface area contributed by atoms with Gasteiger partial charge in [0.05, 0.1) is 11.1 Å². The molecule has 0 aliphatic heterocycles. The summed E-state index contributed by atoms with van der Waals surface area (Å²) >= 11 is 0. The minimum Gasteiger partial charge on any atom is -0.366 e. The molecule has 2 aromatic rings. The molecule has 2 aromatic carbocycles. The molecule has 1 aliphatic rings. The number of hydrogen-bond acceptors (Lipinski definition) is 2. The van der Waals surface area contributed by atoms with Crippen molar-refractivity contribution in [3.8, 4) is 11.1 Å². The molecule has 4 nitrogen and oxygen atoms in total. The quantitative estimate of drug-likeness (QED) is 0.891. The van der Waals surface area contributed by atoms with E-state index in [0.717, 1.165) is 29.5 Å². The lowest BCUT2D eigenvalue weighted by Crippen LogP contribution is -2.28. The van der Waals surface area contributed by atoms with Gasteiger partial charge in [-0.15, -0.1) is 0 Å². The van der Waals surface area contributed by atoms with Gasteiger partial charge in [0.25, 0.3) is 5.91 Å². The summed E-state index contributed by atoms with van der Waals surface area (Å²) in [6.07, 6.45) is 2.32. The number of aryl methyl sites for hydroxylation is 1. The van der Waals surface area contributed by atoms with E-state index < -0.39 is 5.91 Å². The van der Waals surface area contributed by atoms with Crippen molar-refractivity contribution < 1.29 is 9.59 Å². The number of primary amides is 1. The van der Waals surface area contributed by atoms with Crippen LogP contribution >= 0.6 is 0 Å². The maximum absolute atomic E-state index is 12.5. The second-order valence-electron chi connectivity index (χ2n) is 6.10. The molecule has 0 saturated heterocycles. The number of nitrogens with one attached hydrogen (secondary N) is 1. The second-order valence-corrected chi connectivity index (χ2v) is 6.10. The Labute approximate surface area is 135 Å². The van der Waals surface area contributed by atoms with E-state index in [2.05, 4.69) is 5.32 Å². The maximum Gasteiger partial charge on any atom is 0.252 e. The van der Waals surface area contributed by atoms with Gasteiger partial charge in [-0.2, -0.15) is 0 Å². The van der Waals surface area contributed by atoms with Crippen molar-refractivity contribution in [1.82, 2.24) is 5.32 Å². The predicted molar refractivity (Wildman–Crippen MR) is 90.2 cm³/mol. The molecule has 0 bridgehead atoms. The molecule has 1 saturated carbocycles. The van der Waals surface area contributed by atoms with Crippen molar-refractivity contribution in [2.24, 2.45) is 11.7 Å². The molecule has 4 heteroatoms. The fourth-order valence-electron chi connectivity index (χ4n) is 2.68. The Morgan fingerprint density at radius 2 is 1.83 bits per heavy atom. The highest BCUT2D eigenvalue weighted by atomic mass is 16.2. The number of nitrogens with two attached hydrogens (primary N) is 1. The molecular formula is C19H20N2O2. The van der Waals surface area contributed by atoms with Gasteiger partial charge in [-0.05, 0) is 54.5 Å². The summed E-state index contributed by atoms with van der Waals surface area (Å²) in [4.78, 5) is 24.2. The number of rotatable bonds is 5. The summed E-state index contributed by atoms with van der Waals surface area (Å²) in [7, 11) is 0. The van der Waals surface area contributed by atoms with E-state index in [1.807, 2.05) is 37.3 Å². The van der Waals surface area contributed by atoms with Gasteiger partial charge in [-0.3, -0.25) is 9.59 Å². The van der Waals surface area contributed by atoms with Crippen LogP contribution in [0.25, 0.3) is 11.1 Å². The smallest absolute Gasteiger partial charge is 0.252 e. The van der Waals surface area contributed by atoms with Gasteiger partial charge in [-0.1, -0.05) is 30.3 Å². The summed E-state index contributed by atoms with van der Waals surface area (Å²) < 4.78 is 0. The zero-order valence-corrected chi connectivity index (χ0v) is 13.1. The minimum atomic E-state index is -0.579. The fraction of sp³-hybridized carbons (Fsp3) is 0.263. The summed E-state index contributed by atoms with van der Waals surface area (Å²) in [5.41, 5.74) is 8.95. The molecular weight excluding hydrogens is 288 g/mol. The minimum absolute atomic E-state index is 0.233. The third-order valence-corrected chi connectivity index (χ3v) is 4.21. The second kappa shape index (κ2) is 6.24. The van der Waals surface area contributed by atoms with E-state index in [4.69, 9.17) is 5.73 Å². The monoisotopic (exact) mass is 308 g/mol. The van der Waals surface area contributed by atoms with Crippen LogP contribution in [0.1, 0.15) is 39.1 Å². The summed E-state index contributed by atoms with van der Waals surface area (Å²) in [5.74, 6) is -0.234. The molecule has 0 heterocycles. The Bertz CT molecular complexity index is 749. The molecule has 1 aliphatic carbocycles. The van der Waals surface area contributed by atoms with Gasteiger partial charge in [0, 0.05) is 6.54 Å². The average Bonchev–Trinajstić information content (AvgIpc) is 3.37. The first kappa shape index (κ1) is 15.3. The molecule has 23 heavy (non-hydrogen) atoms. The van der Waals surface area contributed by atoms with Crippen LogP contribution in [0.2, 0.25) is 0 Å². The number of amides is 2. The lowest BCUT2D eigenvalue weighted by atomic mass is 9.93. The Balaban J connectivity index is 2.00. The summed E-state index contributed by atoms with van der Waals surface area (Å²) in [5, 5.41) is 2.91. The third kappa shape index (κ3) is 3.42. The average molecular weight is 308 g/mol. The molecule has 0 radical (unpaired) electrons. The normalized spacial score (nSPS) is 13.6. The van der Waals surface area contributed by atoms with Crippen molar-refractivity contribution in [3.05, 3.63) is 59.2 Å². The number of carbonyl (C=O) groups excluding carboxylic acids is 2. The number of hydrogen-bond donors (Lipinski definition) is 2. The van der Waals surface area contributed by atoms with Crippen molar-refractivity contribution >= 4 is 11.8 Å². The first-order chi connectivity index (χ1) is 11.1. The topological polar surface area (TPSA) is 72.2 Å². The first-order valence-electron chi connectivity index (χ1n) is 7.84. The Kier molecular flexibility index (Phi) is 4.15. The maximum atomic E-state index is 12.5. The highest BCUT2D eigenvalue weighted by Crippen LogP contribution is 2.29. The van der Waals surface area contributed by atoms with Gasteiger partial charge in [-0.25, -0.2) is 0 Å². The van der Waals surface area contributed by atoms with E-state index in [1.54, 1.807) is 12.1 Å². The lowest BCUT2D eigenvalue weighted by Gasteiger charge is -2.13. The SMILES string of the molecule is Cc1cc(C(N)=O)c(C(=O)NCC2CC2)cc1-c1ccccc1. The summed E-state index contributed by atoms with van der Waals surface area (Å²) in [6, 6.07) is 13.3. The highest BCUT2D eigenvalue weighted by molar-refractivity contribution is 6.07. The van der Waals surface area contributed by atoms with Crippen LogP contribution in [0, 0.1) is 12.8 Å². The number of benzene rings is 2. The molecule has 0 atom stereocenters. The van der Waals surface area contributed by atoms with Crippen LogP contribution < -0.4 is 11.1 Å². The van der Waals surface area contributed by atoms with Crippen molar-refractivity contribution in [1.29, 1.82) is 0 Å². The van der Waals surface area contributed by atoms with Crippen molar-refractivity contribution in [3.63, 3.8) is 0 Å². The van der Waals surface area contributed by atoms with Crippen LogP contribution in [0.3, 0.4) is 0 Å². The van der Waals surface area contributed by atoms with Gasteiger partial charge >= 0.3 is 0 Å². The van der Waals surface area contributed by atoms with Gasteiger partial charge in [0.15, 0.2) is 0 Å². The summed E-state index contributed by atoms with van der Waals surface area (Å²) in [6.45, 7) is 2.58. The molecule has 118 valence electrons. The highest BCUT2D eigenvalue weighted by Gasteiger charge is 2.23. The molecule has 1 fully saturated rings.